The first-order chi connectivity index (χ1) is 14.4. The van der Waals surface area contributed by atoms with Crippen LogP contribution in [0, 0.1) is 11.3 Å². The van der Waals surface area contributed by atoms with E-state index in [9.17, 15) is 13.2 Å². The first-order valence-corrected chi connectivity index (χ1v) is 11.4. The average molecular weight is 437 g/mol. The lowest BCUT2D eigenvalue weighted by Gasteiger charge is -2.08. The van der Waals surface area contributed by atoms with E-state index in [1.54, 1.807) is 17.4 Å². The van der Waals surface area contributed by atoms with Crippen LogP contribution in [0.5, 0.6) is 0 Å². The number of thiophene rings is 1. The summed E-state index contributed by atoms with van der Waals surface area (Å²) in [6.45, 7) is 0. The molecule has 0 saturated heterocycles. The molecule has 0 radical (unpaired) electrons. The monoisotopic (exact) mass is 436 g/mol. The van der Waals surface area contributed by atoms with Crippen LogP contribution in [0.15, 0.2) is 70.4 Å². The van der Waals surface area contributed by atoms with E-state index in [1.165, 1.54) is 34.4 Å². The van der Waals surface area contributed by atoms with Gasteiger partial charge in [-0.2, -0.15) is 16.6 Å². The number of benzene rings is 2. The number of aromatic nitrogens is 1. The predicted octanol–water partition coefficient (Wildman–Crippen LogP) is 4.50. The molecule has 30 heavy (non-hydrogen) atoms. The van der Waals surface area contributed by atoms with Crippen LogP contribution in [0.4, 0.5) is 0 Å². The second-order valence-electron chi connectivity index (χ2n) is 6.73. The van der Waals surface area contributed by atoms with Crippen LogP contribution in [-0.4, -0.2) is 23.5 Å². The van der Waals surface area contributed by atoms with Crippen LogP contribution in [0.25, 0.3) is 22.0 Å². The topological polar surface area (TPSA) is 100 Å². The van der Waals surface area contributed by atoms with Crippen molar-refractivity contribution in [1.29, 1.82) is 5.26 Å². The van der Waals surface area contributed by atoms with E-state index in [0.717, 1.165) is 11.1 Å². The molecule has 0 fully saturated rings. The molecule has 1 N–H and O–H groups in total. The highest BCUT2D eigenvalue weighted by molar-refractivity contribution is 7.90. The van der Waals surface area contributed by atoms with Gasteiger partial charge in [0.25, 0.3) is 10.0 Å². The lowest BCUT2D eigenvalue weighted by Crippen LogP contribution is -2.11. The van der Waals surface area contributed by atoms with Gasteiger partial charge in [-0.25, -0.2) is 12.4 Å². The molecule has 8 heteroatoms. The van der Waals surface area contributed by atoms with Crippen LogP contribution in [0.1, 0.15) is 17.5 Å². The minimum absolute atomic E-state index is 0.0603. The third-order valence-corrected chi connectivity index (χ3v) is 7.23. The van der Waals surface area contributed by atoms with E-state index in [1.807, 2.05) is 35.0 Å². The van der Waals surface area contributed by atoms with Gasteiger partial charge in [0.1, 0.15) is 0 Å². The Labute approximate surface area is 177 Å². The minimum atomic E-state index is -3.91. The molecule has 0 atom stereocenters. The largest absolute Gasteiger partial charge is 0.481 e. The van der Waals surface area contributed by atoms with Crippen molar-refractivity contribution in [1.82, 2.24) is 3.97 Å². The van der Waals surface area contributed by atoms with Crippen molar-refractivity contribution in [2.75, 3.05) is 0 Å². The molecule has 0 aliphatic rings. The number of carboxylic acids is 1. The highest BCUT2D eigenvalue weighted by Crippen LogP contribution is 2.32. The summed E-state index contributed by atoms with van der Waals surface area (Å²) < 4.78 is 27.7. The third-order valence-electron chi connectivity index (χ3n) is 4.86. The molecule has 4 aromatic rings. The zero-order valence-corrected chi connectivity index (χ0v) is 17.3. The average Bonchev–Trinajstić information content (AvgIpc) is 3.40. The van der Waals surface area contributed by atoms with Crippen LogP contribution in [0.3, 0.4) is 0 Å². The van der Waals surface area contributed by atoms with E-state index >= 15 is 0 Å². The molecular weight excluding hydrogens is 420 g/mol. The zero-order chi connectivity index (χ0) is 21.3. The molecule has 0 spiro atoms. The molecule has 2 heterocycles. The smallest absolute Gasteiger partial charge is 0.303 e. The van der Waals surface area contributed by atoms with Crippen molar-refractivity contribution in [2.24, 2.45) is 0 Å². The maximum atomic E-state index is 13.3. The maximum absolute atomic E-state index is 13.3. The van der Waals surface area contributed by atoms with Crippen LogP contribution < -0.4 is 0 Å². The second-order valence-corrected chi connectivity index (χ2v) is 9.32. The fourth-order valence-corrected chi connectivity index (χ4v) is 5.39. The van der Waals surface area contributed by atoms with Crippen molar-refractivity contribution >= 4 is 38.2 Å². The second kappa shape index (κ2) is 7.78. The Morgan fingerprint density at radius 1 is 1.10 bits per heavy atom. The summed E-state index contributed by atoms with van der Waals surface area (Å²) in [5.41, 5.74) is 3.47. The molecule has 0 bridgehead atoms. The van der Waals surface area contributed by atoms with Crippen molar-refractivity contribution in [3.05, 3.63) is 76.6 Å². The summed E-state index contributed by atoms with van der Waals surface area (Å²) >= 11 is 1.57. The number of carbonyl (C=O) groups is 1. The Kier molecular flexibility index (Phi) is 5.16. The summed E-state index contributed by atoms with van der Waals surface area (Å²) in [6, 6.07) is 15.2. The Morgan fingerprint density at radius 2 is 1.87 bits per heavy atom. The molecule has 0 unspecified atom stereocenters. The minimum Gasteiger partial charge on any atom is -0.481 e. The SMILES string of the molecule is N#Cc1ccc(S(=O)(=O)n2cc(CCC(=O)O)c3cc(-c4ccsc4)ccc32)cc1. The van der Waals surface area contributed by atoms with Gasteiger partial charge < -0.3 is 5.11 Å². The first-order valence-electron chi connectivity index (χ1n) is 9.04. The van der Waals surface area contributed by atoms with E-state index < -0.39 is 16.0 Å². The van der Waals surface area contributed by atoms with Crippen molar-refractivity contribution < 1.29 is 18.3 Å². The number of nitriles is 1. The number of nitrogens with zero attached hydrogens (tertiary/aromatic N) is 2. The normalized spacial score (nSPS) is 11.4. The molecule has 2 aromatic heterocycles. The van der Waals surface area contributed by atoms with E-state index in [0.29, 0.717) is 22.0 Å². The highest BCUT2D eigenvalue weighted by atomic mass is 32.2. The lowest BCUT2D eigenvalue weighted by molar-refractivity contribution is -0.136. The van der Waals surface area contributed by atoms with E-state index in [4.69, 9.17) is 10.4 Å². The molecule has 150 valence electrons. The van der Waals surface area contributed by atoms with Gasteiger partial charge in [-0.15, -0.1) is 0 Å². The van der Waals surface area contributed by atoms with Crippen molar-refractivity contribution in [3.63, 3.8) is 0 Å². The maximum Gasteiger partial charge on any atom is 0.303 e. The standard InChI is InChI=1S/C22H16N2O4S2/c23-12-15-1-5-19(6-2-15)30(27,28)24-13-17(4-8-22(25)26)20-11-16(3-7-21(20)24)18-9-10-29-14-18/h1-3,5-7,9-11,13-14H,4,8H2,(H,25,26). The van der Waals surface area contributed by atoms with E-state index in [-0.39, 0.29) is 17.7 Å². The number of fused-ring (bicyclic) bond motifs is 1. The quantitative estimate of drug-likeness (QED) is 0.480. The fraction of sp³-hybridized carbons (Fsp3) is 0.0909. The number of carboxylic acid groups (broad SMARTS) is 1. The van der Waals surface area contributed by atoms with Gasteiger partial charge in [-0.1, -0.05) is 6.07 Å². The van der Waals surface area contributed by atoms with Crippen molar-refractivity contribution in [3.8, 4) is 17.2 Å². The predicted molar refractivity (Wildman–Crippen MR) is 115 cm³/mol. The molecule has 6 nitrogen and oxygen atoms in total. The van der Waals surface area contributed by atoms with Gasteiger partial charge >= 0.3 is 5.97 Å². The summed E-state index contributed by atoms with van der Waals surface area (Å²) in [5.74, 6) is -0.945. The summed E-state index contributed by atoms with van der Waals surface area (Å²) in [4.78, 5) is 11.2. The fourth-order valence-electron chi connectivity index (χ4n) is 3.33. The van der Waals surface area contributed by atoms with Gasteiger partial charge in [0.2, 0.25) is 0 Å². The van der Waals surface area contributed by atoms with Gasteiger partial charge in [0.05, 0.1) is 22.0 Å². The molecule has 2 aromatic carbocycles. The molecular formula is C22H16N2O4S2. The van der Waals surface area contributed by atoms with Gasteiger partial charge in [-0.05, 0) is 76.3 Å². The first kappa shape index (κ1) is 19.9. The third kappa shape index (κ3) is 3.61. The van der Waals surface area contributed by atoms with Crippen LogP contribution in [0.2, 0.25) is 0 Å². The zero-order valence-electron chi connectivity index (χ0n) is 15.6. The van der Waals surface area contributed by atoms with E-state index in [2.05, 4.69) is 0 Å². The number of hydrogen-bond donors (Lipinski definition) is 1. The summed E-state index contributed by atoms with van der Waals surface area (Å²) in [5, 5.41) is 22.7. The number of hydrogen-bond acceptors (Lipinski definition) is 5. The molecule has 0 aliphatic heterocycles. The molecule has 0 aliphatic carbocycles. The molecule has 0 amide bonds. The molecule has 0 saturated carbocycles. The number of rotatable bonds is 6. The van der Waals surface area contributed by atoms with Gasteiger partial charge in [-0.3, -0.25) is 4.79 Å². The Bertz CT molecular complexity index is 1380. The Morgan fingerprint density at radius 3 is 2.50 bits per heavy atom. The highest BCUT2D eigenvalue weighted by Gasteiger charge is 2.22. The summed E-state index contributed by atoms with van der Waals surface area (Å²) in [7, 11) is -3.91. The van der Waals surface area contributed by atoms with Gasteiger partial charge in [0, 0.05) is 18.0 Å². The van der Waals surface area contributed by atoms with Crippen LogP contribution in [-0.2, 0) is 21.2 Å². The number of aryl methyl sites for hydroxylation is 1. The Hall–Kier alpha value is -3.41. The van der Waals surface area contributed by atoms with Gasteiger partial charge in [0.15, 0.2) is 0 Å². The Balaban J connectivity index is 1.88. The van der Waals surface area contributed by atoms with Crippen molar-refractivity contribution in [2.45, 2.75) is 17.7 Å². The van der Waals surface area contributed by atoms with Crippen LogP contribution >= 0.6 is 11.3 Å². The molecule has 4 rings (SSSR count). The number of aliphatic carboxylic acids is 1. The summed E-state index contributed by atoms with van der Waals surface area (Å²) in [6.07, 6.45) is 1.62. The lowest BCUT2D eigenvalue weighted by atomic mass is 10.0.